The highest BCUT2D eigenvalue weighted by molar-refractivity contribution is 5.85. The van der Waals surface area contributed by atoms with Gasteiger partial charge in [0.05, 0.1) is 12.3 Å². The Bertz CT molecular complexity index is 726. The summed E-state index contributed by atoms with van der Waals surface area (Å²) in [4.78, 5) is 13.3. The van der Waals surface area contributed by atoms with E-state index in [0.717, 1.165) is 25.0 Å². The van der Waals surface area contributed by atoms with E-state index in [1.807, 2.05) is 0 Å². The van der Waals surface area contributed by atoms with Crippen molar-refractivity contribution in [3.8, 4) is 0 Å². The van der Waals surface area contributed by atoms with Crippen LogP contribution in [0.1, 0.15) is 46.2 Å². The van der Waals surface area contributed by atoms with Crippen molar-refractivity contribution in [3.05, 3.63) is 52.8 Å². The second kappa shape index (κ2) is 7.15. The summed E-state index contributed by atoms with van der Waals surface area (Å²) in [5.74, 6) is -1.02. The van der Waals surface area contributed by atoms with Gasteiger partial charge in [0, 0.05) is 26.2 Å². The Morgan fingerprint density at radius 3 is 2.92 bits per heavy atom. The number of hydrogen-bond donors (Lipinski definition) is 2. The highest BCUT2D eigenvalue weighted by atomic mass is 16.4. The molecule has 0 aliphatic heterocycles. The number of rotatable bonds is 6. The van der Waals surface area contributed by atoms with Gasteiger partial charge in [-0.25, -0.2) is 4.79 Å². The lowest BCUT2D eigenvalue weighted by Gasteiger charge is -2.35. The van der Waals surface area contributed by atoms with Crippen LogP contribution in [0.25, 0.3) is 0 Å². The fourth-order valence-electron chi connectivity index (χ4n) is 3.55. The van der Waals surface area contributed by atoms with Crippen LogP contribution in [0.5, 0.6) is 0 Å². The molecule has 1 aromatic carbocycles. The normalized spacial score (nSPS) is 17.0. The third-order valence-corrected chi connectivity index (χ3v) is 4.73. The number of carboxylic acids is 1. The largest absolute Gasteiger partial charge is 0.476 e. The van der Waals surface area contributed by atoms with Crippen molar-refractivity contribution in [2.24, 2.45) is 7.05 Å². The van der Waals surface area contributed by atoms with Crippen LogP contribution in [0.15, 0.2) is 30.3 Å². The maximum Gasteiger partial charge on any atom is 0.356 e. The molecule has 0 amide bonds. The molecule has 1 heterocycles. The summed E-state index contributed by atoms with van der Waals surface area (Å²) >= 11 is 0. The number of carbonyl (C=O) groups is 1. The zero-order chi connectivity index (χ0) is 17.1. The fourth-order valence-corrected chi connectivity index (χ4v) is 3.55. The minimum Gasteiger partial charge on any atom is -0.476 e. The molecule has 2 aromatic rings. The number of aliphatic hydroxyl groups is 1. The van der Waals surface area contributed by atoms with Crippen molar-refractivity contribution < 1.29 is 15.0 Å². The minimum atomic E-state index is -1.02. The first-order valence-electron chi connectivity index (χ1n) is 8.29. The maximum atomic E-state index is 11.1. The standard InChI is InChI=1S/C18H23N3O3/c1-20-14(11-16(19-20)18(23)24)12-21(9-10-22)17-8-4-6-13-5-2-3-7-15(13)17/h2-3,5,7,11,17,22H,4,6,8-10,12H2,1H3,(H,23,24). The molecule has 0 spiro atoms. The van der Waals surface area contributed by atoms with Crippen molar-refractivity contribution in [2.45, 2.75) is 31.8 Å². The van der Waals surface area contributed by atoms with Crippen molar-refractivity contribution in [2.75, 3.05) is 13.2 Å². The lowest BCUT2D eigenvalue weighted by atomic mass is 9.86. The van der Waals surface area contributed by atoms with Crippen molar-refractivity contribution >= 4 is 5.97 Å². The molecular formula is C18H23N3O3. The monoisotopic (exact) mass is 329 g/mol. The molecule has 0 saturated carbocycles. The number of nitrogens with zero attached hydrogens (tertiary/aromatic N) is 3. The van der Waals surface area contributed by atoms with Gasteiger partial charge in [-0.05, 0) is 36.5 Å². The SMILES string of the molecule is Cn1nc(C(=O)O)cc1CN(CCO)C1CCCc2ccccc21. The lowest BCUT2D eigenvalue weighted by molar-refractivity contribution is 0.0689. The van der Waals surface area contributed by atoms with Crippen LogP contribution in [0.4, 0.5) is 0 Å². The second-order valence-corrected chi connectivity index (χ2v) is 6.25. The molecule has 6 nitrogen and oxygen atoms in total. The number of fused-ring (bicyclic) bond motifs is 1. The first-order chi connectivity index (χ1) is 11.6. The van der Waals surface area contributed by atoms with Gasteiger partial charge in [0.2, 0.25) is 0 Å². The van der Waals surface area contributed by atoms with Gasteiger partial charge in [-0.1, -0.05) is 24.3 Å². The van der Waals surface area contributed by atoms with E-state index < -0.39 is 5.97 Å². The van der Waals surface area contributed by atoms with Crippen LogP contribution in [0.2, 0.25) is 0 Å². The van der Waals surface area contributed by atoms with Gasteiger partial charge in [0.1, 0.15) is 0 Å². The number of aromatic carboxylic acids is 1. The zero-order valence-electron chi connectivity index (χ0n) is 13.9. The first kappa shape index (κ1) is 16.7. The molecule has 1 aliphatic rings. The molecule has 0 fully saturated rings. The van der Waals surface area contributed by atoms with Crippen LogP contribution in [0.3, 0.4) is 0 Å². The van der Waals surface area contributed by atoms with Gasteiger partial charge in [-0.15, -0.1) is 0 Å². The van der Waals surface area contributed by atoms with Crippen LogP contribution in [0, 0.1) is 0 Å². The number of benzene rings is 1. The van der Waals surface area contributed by atoms with E-state index in [0.29, 0.717) is 13.1 Å². The van der Waals surface area contributed by atoms with E-state index >= 15 is 0 Å². The zero-order valence-corrected chi connectivity index (χ0v) is 13.9. The second-order valence-electron chi connectivity index (χ2n) is 6.25. The van der Waals surface area contributed by atoms with Gasteiger partial charge in [0.15, 0.2) is 5.69 Å². The summed E-state index contributed by atoms with van der Waals surface area (Å²) in [6.45, 7) is 1.19. The fraction of sp³-hybridized carbons (Fsp3) is 0.444. The lowest BCUT2D eigenvalue weighted by Crippen LogP contribution is -2.33. The summed E-state index contributed by atoms with van der Waals surface area (Å²) in [5, 5.41) is 22.6. The van der Waals surface area contributed by atoms with Crippen molar-refractivity contribution in [1.29, 1.82) is 0 Å². The molecule has 2 N–H and O–H groups in total. The molecule has 1 atom stereocenters. The number of aliphatic hydroxyl groups excluding tert-OH is 1. The Morgan fingerprint density at radius 1 is 1.42 bits per heavy atom. The molecule has 0 bridgehead atoms. The minimum absolute atomic E-state index is 0.0560. The van der Waals surface area contributed by atoms with E-state index in [4.69, 9.17) is 5.11 Å². The summed E-state index contributed by atoms with van der Waals surface area (Å²) in [5.41, 5.74) is 3.58. The predicted octanol–water partition coefficient (Wildman–Crippen LogP) is 1.99. The topological polar surface area (TPSA) is 78.6 Å². The number of hydrogen-bond acceptors (Lipinski definition) is 4. The summed E-state index contributed by atoms with van der Waals surface area (Å²) in [6.07, 6.45) is 3.25. The third-order valence-electron chi connectivity index (χ3n) is 4.73. The Kier molecular flexibility index (Phi) is 4.97. The van der Waals surface area contributed by atoms with E-state index in [-0.39, 0.29) is 18.3 Å². The first-order valence-corrected chi connectivity index (χ1v) is 8.29. The highest BCUT2D eigenvalue weighted by Gasteiger charge is 2.26. The summed E-state index contributed by atoms with van der Waals surface area (Å²) in [7, 11) is 1.76. The van der Waals surface area contributed by atoms with Crippen molar-refractivity contribution in [3.63, 3.8) is 0 Å². The van der Waals surface area contributed by atoms with Crippen molar-refractivity contribution in [1.82, 2.24) is 14.7 Å². The van der Waals surface area contributed by atoms with Gasteiger partial charge in [0.25, 0.3) is 0 Å². The van der Waals surface area contributed by atoms with E-state index in [1.54, 1.807) is 17.8 Å². The van der Waals surface area contributed by atoms with Gasteiger partial charge in [-0.2, -0.15) is 5.10 Å². The summed E-state index contributed by atoms with van der Waals surface area (Å²) in [6, 6.07) is 10.3. The molecular weight excluding hydrogens is 306 g/mol. The Labute approximate surface area is 141 Å². The average molecular weight is 329 g/mol. The molecule has 3 rings (SSSR count). The van der Waals surface area contributed by atoms with Gasteiger partial charge < -0.3 is 10.2 Å². The number of carboxylic acid groups (broad SMARTS) is 1. The maximum absolute atomic E-state index is 11.1. The highest BCUT2D eigenvalue weighted by Crippen LogP contribution is 2.34. The predicted molar refractivity (Wildman–Crippen MR) is 89.8 cm³/mol. The Morgan fingerprint density at radius 2 is 2.21 bits per heavy atom. The molecule has 6 heteroatoms. The van der Waals surface area contributed by atoms with E-state index in [2.05, 4.69) is 34.3 Å². The van der Waals surface area contributed by atoms with Crippen LogP contribution in [-0.2, 0) is 20.0 Å². The molecule has 0 saturated heterocycles. The molecule has 24 heavy (non-hydrogen) atoms. The Hall–Kier alpha value is -2.18. The van der Waals surface area contributed by atoms with E-state index in [1.165, 1.54) is 11.1 Å². The number of aryl methyl sites for hydroxylation is 2. The van der Waals surface area contributed by atoms with Crippen LogP contribution >= 0.6 is 0 Å². The molecule has 1 aromatic heterocycles. The third kappa shape index (κ3) is 3.34. The Balaban J connectivity index is 1.87. The smallest absolute Gasteiger partial charge is 0.356 e. The molecule has 1 unspecified atom stereocenters. The van der Waals surface area contributed by atoms with Gasteiger partial charge >= 0.3 is 5.97 Å². The van der Waals surface area contributed by atoms with E-state index in [9.17, 15) is 9.90 Å². The summed E-state index contributed by atoms with van der Waals surface area (Å²) < 4.78 is 1.61. The van der Waals surface area contributed by atoms with Gasteiger partial charge in [-0.3, -0.25) is 9.58 Å². The molecule has 128 valence electrons. The molecule has 0 radical (unpaired) electrons. The number of aromatic nitrogens is 2. The average Bonchev–Trinajstić information content (AvgIpc) is 2.95. The quantitative estimate of drug-likeness (QED) is 0.847. The van der Waals surface area contributed by atoms with Crippen LogP contribution in [-0.4, -0.2) is 44.0 Å². The van der Waals surface area contributed by atoms with Crippen LogP contribution < -0.4 is 0 Å². The molecule has 1 aliphatic carbocycles.